The molecule has 1 fully saturated rings. The maximum absolute atomic E-state index is 14.8. The summed E-state index contributed by atoms with van der Waals surface area (Å²) in [6.07, 6.45) is -1.15. The van der Waals surface area contributed by atoms with Crippen LogP contribution in [0.25, 0.3) is 0 Å². The molecular weight excluding hydrogens is 237 g/mol. The SMILES string of the molecule is CC1(C)OC[C@](C(C)(C)C)(C(C)(C)F)N1C(=O)O. The van der Waals surface area contributed by atoms with Gasteiger partial charge in [0.1, 0.15) is 16.9 Å². The molecule has 0 aromatic heterocycles. The van der Waals surface area contributed by atoms with Crippen molar-refractivity contribution in [2.45, 2.75) is 65.4 Å². The lowest BCUT2D eigenvalue weighted by atomic mass is 9.65. The average molecular weight is 261 g/mol. The Bertz CT molecular complexity index is 338. The van der Waals surface area contributed by atoms with Crippen LogP contribution in [0.3, 0.4) is 0 Å². The van der Waals surface area contributed by atoms with E-state index in [2.05, 4.69) is 0 Å². The Morgan fingerprint density at radius 2 is 1.72 bits per heavy atom. The molecule has 1 heterocycles. The van der Waals surface area contributed by atoms with E-state index >= 15 is 0 Å². The molecule has 1 aliphatic heterocycles. The number of amides is 1. The van der Waals surface area contributed by atoms with Crippen LogP contribution in [0, 0.1) is 5.41 Å². The summed E-state index contributed by atoms with van der Waals surface area (Å²) in [6, 6.07) is 0. The van der Waals surface area contributed by atoms with E-state index in [-0.39, 0.29) is 6.61 Å². The molecule has 1 saturated heterocycles. The molecule has 1 aliphatic rings. The van der Waals surface area contributed by atoms with Gasteiger partial charge in [-0.25, -0.2) is 9.18 Å². The summed E-state index contributed by atoms with van der Waals surface area (Å²) in [4.78, 5) is 12.7. The Balaban J connectivity index is 3.51. The molecule has 106 valence electrons. The molecule has 1 amide bonds. The first-order valence-corrected chi connectivity index (χ1v) is 6.13. The zero-order valence-electron chi connectivity index (χ0n) is 12.3. The highest BCUT2D eigenvalue weighted by Gasteiger charge is 2.67. The highest BCUT2D eigenvalue weighted by Crippen LogP contribution is 2.52. The van der Waals surface area contributed by atoms with Gasteiger partial charge in [0.15, 0.2) is 0 Å². The predicted octanol–water partition coefficient (Wildman–Crippen LogP) is 3.27. The summed E-state index contributed by atoms with van der Waals surface area (Å²) in [5.74, 6) is 0. The van der Waals surface area contributed by atoms with E-state index in [9.17, 15) is 14.3 Å². The highest BCUT2D eigenvalue weighted by atomic mass is 19.1. The molecule has 0 saturated carbocycles. The van der Waals surface area contributed by atoms with Gasteiger partial charge < -0.3 is 9.84 Å². The normalized spacial score (nSPS) is 28.6. The Labute approximate surface area is 108 Å². The molecule has 0 aromatic carbocycles. The van der Waals surface area contributed by atoms with Crippen LogP contribution < -0.4 is 0 Å². The second-order valence-electron chi connectivity index (χ2n) is 6.94. The highest BCUT2D eigenvalue weighted by molar-refractivity contribution is 5.68. The largest absolute Gasteiger partial charge is 0.465 e. The minimum absolute atomic E-state index is 0.0549. The fraction of sp³-hybridized carbons (Fsp3) is 0.923. The van der Waals surface area contributed by atoms with Crippen molar-refractivity contribution in [1.29, 1.82) is 0 Å². The van der Waals surface area contributed by atoms with Crippen molar-refractivity contribution >= 4 is 6.09 Å². The van der Waals surface area contributed by atoms with E-state index in [1.807, 2.05) is 20.8 Å². The quantitative estimate of drug-likeness (QED) is 0.788. The first-order chi connectivity index (χ1) is 7.77. The monoisotopic (exact) mass is 261 g/mol. The van der Waals surface area contributed by atoms with E-state index in [1.165, 1.54) is 13.8 Å². The van der Waals surface area contributed by atoms with Crippen molar-refractivity contribution in [3.63, 3.8) is 0 Å². The fourth-order valence-electron chi connectivity index (χ4n) is 3.14. The molecule has 5 heteroatoms. The van der Waals surface area contributed by atoms with Crippen molar-refractivity contribution in [3.8, 4) is 0 Å². The Morgan fingerprint density at radius 1 is 1.28 bits per heavy atom. The Hall–Kier alpha value is -0.840. The lowest BCUT2D eigenvalue weighted by molar-refractivity contribution is -0.0976. The number of alkyl halides is 1. The molecule has 1 atom stereocenters. The second kappa shape index (κ2) is 3.83. The molecule has 18 heavy (non-hydrogen) atoms. The number of carboxylic acid groups (broad SMARTS) is 1. The summed E-state index contributed by atoms with van der Waals surface area (Å²) in [5, 5.41) is 9.49. The van der Waals surface area contributed by atoms with Gasteiger partial charge in [-0.3, -0.25) is 4.90 Å². The summed E-state index contributed by atoms with van der Waals surface area (Å²) < 4.78 is 20.4. The number of hydrogen-bond acceptors (Lipinski definition) is 2. The van der Waals surface area contributed by atoms with Crippen molar-refractivity contribution in [2.75, 3.05) is 6.61 Å². The molecular formula is C13H24FNO3. The standard InChI is InChI=1S/C13H24FNO3/c1-10(2,3)13(11(4,5)14)8-18-12(6,7)15(13)9(16)17/h8H2,1-7H3,(H,16,17)/t13-/m0/s1. The molecule has 0 spiro atoms. The van der Waals surface area contributed by atoms with Gasteiger partial charge in [0, 0.05) is 0 Å². The molecule has 1 N–H and O–H groups in total. The summed E-state index contributed by atoms with van der Waals surface area (Å²) in [5.41, 5.74) is -4.54. The van der Waals surface area contributed by atoms with E-state index in [1.54, 1.807) is 13.8 Å². The predicted molar refractivity (Wildman–Crippen MR) is 67.3 cm³/mol. The van der Waals surface area contributed by atoms with Gasteiger partial charge in [0.2, 0.25) is 0 Å². The lowest BCUT2D eigenvalue weighted by Gasteiger charge is -2.53. The van der Waals surface area contributed by atoms with Gasteiger partial charge in [-0.2, -0.15) is 0 Å². The van der Waals surface area contributed by atoms with Gasteiger partial charge in [0.05, 0.1) is 6.61 Å². The van der Waals surface area contributed by atoms with Crippen LogP contribution in [0.2, 0.25) is 0 Å². The number of rotatable bonds is 1. The zero-order chi connectivity index (χ0) is 14.6. The van der Waals surface area contributed by atoms with Crippen molar-refractivity contribution in [1.82, 2.24) is 4.90 Å². The number of halogens is 1. The minimum Gasteiger partial charge on any atom is -0.465 e. The number of nitrogens with zero attached hydrogens (tertiary/aromatic N) is 1. The average Bonchev–Trinajstić information content (AvgIpc) is 2.35. The molecule has 0 unspecified atom stereocenters. The van der Waals surface area contributed by atoms with Crippen LogP contribution in [0.1, 0.15) is 48.5 Å². The zero-order valence-corrected chi connectivity index (χ0v) is 12.3. The number of hydrogen-bond donors (Lipinski definition) is 1. The van der Waals surface area contributed by atoms with Gasteiger partial charge >= 0.3 is 6.09 Å². The lowest BCUT2D eigenvalue weighted by Crippen LogP contribution is -2.69. The first kappa shape index (κ1) is 15.2. The fourth-order valence-corrected chi connectivity index (χ4v) is 3.14. The smallest absolute Gasteiger partial charge is 0.410 e. The van der Waals surface area contributed by atoms with Gasteiger partial charge in [-0.15, -0.1) is 0 Å². The number of ether oxygens (including phenoxy) is 1. The van der Waals surface area contributed by atoms with Crippen LogP contribution in [0.15, 0.2) is 0 Å². The van der Waals surface area contributed by atoms with E-state index in [4.69, 9.17) is 4.74 Å². The second-order valence-corrected chi connectivity index (χ2v) is 6.94. The van der Waals surface area contributed by atoms with Crippen LogP contribution in [0.4, 0.5) is 9.18 Å². The van der Waals surface area contributed by atoms with Crippen molar-refractivity contribution in [2.24, 2.45) is 5.41 Å². The van der Waals surface area contributed by atoms with Crippen molar-refractivity contribution in [3.05, 3.63) is 0 Å². The molecule has 4 nitrogen and oxygen atoms in total. The third kappa shape index (κ3) is 1.88. The van der Waals surface area contributed by atoms with Crippen LogP contribution in [0.5, 0.6) is 0 Å². The van der Waals surface area contributed by atoms with Gasteiger partial charge in [0.25, 0.3) is 0 Å². The summed E-state index contributed by atoms with van der Waals surface area (Å²) in [6.45, 7) is 11.7. The topological polar surface area (TPSA) is 49.8 Å². The molecule has 1 rings (SSSR count). The maximum atomic E-state index is 14.8. The van der Waals surface area contributed by atoms with Crippen LogP contribution in [-0.4, -0.2) is 39.6 Å². The molecule has 0 aromatic rings. The van der Waals surface area contributed by atoms with E-state index in [0.29, 0.717) is 0 Å². The number of carbonyl (C=O) groups is 1. The van der Waals surface area contributed by atoms with Gasteiger partial charge in [-0.1, -0.05) is 20.8 Å². The van der Waals surface area contributed by atoms with Gasteiger partial charge in [-0.05, 0) is 33.1 Å². The third-order valence-corrected chi connectivity index (χ3v) is 3.97. The molecule has 0 aliphatic carbocycles. The maximum Gasteiger partial charge on any atom is 0.410 e. The molecule has 0 bridgehead atoms. The van der Waals surface area contributed by atoms with Crippen LogP contribution in [-0.2, 0) is 4.74 Å². The van der Waals surface area contributed by atoms with E-state index in [0.717, 1.165) is 4.90 Å². The Morgan fingerprint density at radius 3 is 1.94 bits per heavy atom. The Kier molecular flexibility index (Phi) is 3.23. The summed E-state index contributed by atoms with van der Waals surface area (Å²) >= 11 is 0. The third-order valence-electron chi connectivity index (χ3n) is 3.97. The summed E-state index contributed by atoms with van der Waals surface area (Å²) in [7, 11) is 0. The van der Waals surface area contributed by atoms with E-state index < -0.39 is 28.4 Å². The minimum atomic E-state index is -1.71. The van der Waals surface area contributed by atoms with Crippen LogP contribution >= 0.6 is 0 Å². The molecule has 0 radical (unpaired) electrons. The first-order valence-electron chi connectivity index (χ1n) is 6.13. The van der Waals surface area contributed by atoms with Crippen molar-refractivity contribution < 1.29 is 19.0 Å².